The lowest BCUT2D eigenvalue weighted by Crippen LogP contribution is -2.49. The van der Waals surface area contributed by atoms with Gasteiger partial charge in [-0.1, -0.05) is 85.1 Å². The first-order chi connectivity index (χ1) is 10.4. The van der Waals surface area contributed by atoms with Crippen LogP contribution in [0, 0.1) is 6.92 Å². The molecular formula is C20H36OSi. The number of aryl methyl sites for hydroxylation is 1. The first-order valence-electron chi connectivity index (χ1n) is 9.12. The Balaban J connectivity index is 3.10. The van der Waals surface area contributed by atoms with Crippen LogP contribution < -0.4 is 0 Å². The van der Waals surface area contributed by atoms with E-state index in [0.717, 1.165) is 6.61 Å². The number of hydrogen-bond acceptors (Lipinski definition) is 1. The van der Waals surface area contributed by atoms with Gasteiger partial charge >= 0.3 is 0 Å². The molecule has 3 unspecified atom stereocenters. The van der Waals surface area contributed by atoms with Crippen molar-refractivity contribution in [3.05, 3.63) is 35.4 Å². The largest absolute Gasteiger partial charge is 0.412 e. The minimum absolute atomic E-state index is 0.710. The van der Waals surface area contributed by atoms with Gasteiger partial charge in [0.1, 0.15) is 0 Å². The highest BCUT2D eigenvalue weighted by Gasteiger charge is 2.48. The van der Waals surface area contributed by atoms with E-state index >= 15 is 0 Å². The zero-order valence-electron chi connectivity index (χ0n) is 15.8. The highest BCUT2D eigenvalue weighted by Crippen LogP contribution is 2.47. The van der Waals surface area contributed by atoms with Gasteiger partial charge in [-0.3, -0.25) is 0 Å². The van der Waals surface area contributed by atoms with E-state index in [-0.39, 0.29) is 0 Å². The predicted octanol–water partition coefficient (Wildman–Crippen LogP) is 6.86. The van der Waals surface area contributed by atoms with Crippen molar-refractivity contribution < 1.29 is 4.43 Å². The van der Waals surface area contributed by atoms with Gasteiger partial charge in [0.25, 0.3) is 0 Å². The quantitative estimate of drug-likeness (QED) is 0.452. The molecule has 1 aromatic rings. The Kier molecular flexibility index (Phi) is 7.85. The second kappa shape index (κ2) is 8.88. The lowest BCUT2D eigenvalue weighted by Gasteiger charge is -2.45. The molecule has 0 heterocycles. The molecule has 0 fully saturated rings. The van der Waals surface area contributed by atoms with Gasteiger partial charge in [-0.15, -0.1) is 0 Å². The molecule has 0 saturated heterocycles. The first kappa shape index (κ1) is 19.4. The SMILES string of the molecule is CCC(C)[Si](OCc1ccccc1C)(C(C)CC)C(C)CC. The van der Waals surface area contributed by atoms with Gasteiger partial charge < -0.3 is 4.43 Å². The minimum atomic E-state index is -1.81. The summed E-state index contributed by atoms with van der Waals surface area (Å²) in [5.41, 5.74) is 4.83. The zero-order chi connectivity index (χ0) is 16.8. The van der Waals surface area contributed by atoms with Crippen LogP contribution in [0.3, 0.4) is 0 Å². The summed E-state index contributed by atoms with van der Waals surface area (Å²) in [7, 11) is -1.81. The molecular weight excluding hydrogens is 284 g/mol. The fourth-order valence-electron chi connectivity index (χ4n) is 3.82. The van der Waals surface area contributed by atoms with E-state index in [4.69, 9.17) is 4.43 Å². The summed E-state index contributed by atoms with van der Waals surface area (Å²) in [5.74, 6) is 0. The second-order valence-corrected chi connectivity index (χ2v) is 11.9. The molecule has 3 atom stereocenters. The van der Waals surface area contributed by atoms with Crippen molar-refractivity contribution in [1.82, 2.24) is 0 Å². The third-order valence-electron chi connectivity index (χ3n) is 5.89. The average Bonchev–Trinajstić information content (AvgIpc) is 2.55. The third kappa shape index (κ3) is 4.02. The summed E-state index contributed by atoms with van der Waals surface area (Å²) in [6.45, 7) is 17.3. The van der Waals surface area contributed by atoms with Crippen LogP contribution in [0.4, 0.5) is 0 Å². The van der Waals surface area contributed by atoms with E-state index < -0.39 is 8.32 Å². The van der Waals surface area contributed by atoms with Crippen LogP contribution in [0.5, 0.6) is 0 Å². The third-order valence-corrected chi connectivity index (χ3v) is 12.4. The Labute approximate surface area is 139 Å². The molecule has 0 aliphatic carbocycles. The summed E-state index contributed by atoms with van der Waals surface area (Å²) in [4.78, 5) is 0. The number of rotatable bonds is 9. The normalized spacial score (nSPS) is 18.5. The van der Waals surface area contributed by atoms with Crippen molar-refractivity contribution in [1.29, 1.82) is 0 Å². The highest BCUT2D eigenvalue weighted by atomic mass is 28.4. The van der Waals surface area contributed by atoms with Crippen LogP contribution in [-0.4, -0.2) is 8.32 Å². The molecule has 1 aromatic carbocycles. The van der Waals surface area contributed by atoms with Gasteiger partial charge in [-0.25, -0.2) is 0 Å². The maximum atomic E-state index is 6.89. The van der Waals surface area contributed by atoms with Crippen LogP contribution in [-0.2, 0) is 11.0 Å². The summed E-state index contributed by atoms with van der Waals surface area (Å²) in [6, 6.07) is 8.65. The Hall–Kier alpha value is -0.603. The fourth-order valence-corrected chi connectivity index (χ4v) is 9.90. The van der Waals surface area contributed by atoms with E-state index in [9.17, 15) is 0 Å². The van der Waals surface area contributed by atoms with Gasteiger partial charge in [-0.2, -0.15) is 0 Å². The minimum Gasteiger partial charge on any atom is -0.412 e. The number of hydrogen-bond donors (Lipinski definition) is 0. The molecule has 2 heteroatoms. The van der Waals surface area contributed by atoms with E-state index in [1.165, 1.54) is 30.4 Å². The summed E-state index contributed by atoms with van der Waals surface area (Å²) < 4.78 is 6.89. The van der Waals surface area contributed by atoms with Crippen LogP contribution >= 0.6 is 0 Å². The summed E-state index contributed by atoms with van der Waals surface area (Å²) in [6.07, 6.45) is 3.69. The van der Waals surface area contributed by atoms with E-state index in [0.29, 0.717) is 16.6 Å². The Morgan fingerprint density at radius 2 is 1.32 bits per heavy atom. The van der Waals surface area contributed by atoms with E-state index in [1.54, 1.807) is 0 Å². The Bertz CT molecular complexity index is 417. The topological polar surface area (TPSA) is 9.23 Å². The molecule has 0 N–H and O–H groups in total. The molecule has 0 amide bonds. The maximum absolute atomic E-state index is 6.89. The van der Waals surface area contributed by atoms with Gasteiger partial charge in [-0.05, 0) is 34.7 Å². The number of benzene rings is 1. The van der Waals surface area contributed by atoms with Gasteiger partial charge in [0.2, 0.25) is 8.32 Å². The Morgan fingerprint density at radius 3 is 1.73 bits per heavy atom. The van der Waals surface area contributed by atoms with E-state index in [2.05, 4.69) is 72.7 Å². The molecule has 1 rings (SSSR count). The first-order valence-corrected chi connectivity index (χ1v) is 11.3. The molecule has 0 bridgehead atoms. The van der Waals surface area contributed by atoms with Crippen LogP contribution in [0.15, 0.2) is 24.3 Å². The summed E-state index contributed by atoms with van der Waals surface area (Å²) in [5, 5.41) is 0. The monoisotopic (exact) mass is 320 g/mol. The van der Waals surface area contributed by atoms with Crippen LogP contribution in [0.25, 0.3) is 0 Å². The molecule has 0 aromatic heterocycles. The molecule has 22 heavy (non-hydrogen) atoms. The zero-order valence-corrected chi connectivity index (χ0v) is 16.8. The van der Waals surface area contributed by atoms with Crippen molar-refractivity contribution in [2.45, 2.75) is 91.0 Å². The molecule has 1 nitrogen and oxygen atoms in total. The van der Waals surface area contributed by atoms with Crippen LogP contribution in [0.1, 0.15) is 71.9 Å². The van der Waals surface area contributed by atoms with Crippen molar-refractivity contribution in [2.24, 2.45) is 0 Å². The fraction of sp³-hybridized carbons (Fsp3) is 0.700. The van der Waals surface area contributed by atoms with Crippen molar-refractivity contribution in [3.63, 3.8) is 0 Å². The standard InChI is InChI=1S/C20H36OSi/c1-8-17(5)22(18(6)9-2,19(7)10-3)21-15-20-14-12-11-13-16(20)4/h11-14,17-19H,8-10,15H2,1-7H3. The van der Waals surface area contributed by atoms with Crippen molar-refractivity contribution in [3.8, 4) is 0 Å². The second-order valence-electron chi connectivity index (χ2n) is 7.00. The lowest BCUT2D eigenvalue weighted by molar-refractivity contribution is 0.257. The lowest BCUT2D eigenvalue weighted by atomic mass is 10.1. The smallest absolute Gasteiger partial charge is 0.201 e. The predicted molar refractivity (Wildman–Crippen MR) is 101 cm³/mol. The molecule has 0 spiro atoms. The van der Waals surface area contributed by atoms with Crippen LogP contribution in [0.2, 0.25) is 16.6 Å². The maximum Gasteiger partial charge on any atom is 0.201 e. The van der Waals surface area contributed by atoms with Gasteiger partial charge in [0, 0.05) is 0 Å². The van der Waals surface area contributed by atoms with E-state index in [1.807, 2.05) is 0 Å². The van der Waals surface area contributed by atoms with Crippen molar-refractivity contribution >= 4 is 8.32 Å². The summed E-state index contributed by atoms with van der Waals surface area (Å²) >= 11 is 0. The molecule has 126 valence electrons. The van der Waals surface area contributed by atoms with Crippen molar-refractivity contribution in [2.75, 3.05) is 0 Å². The molecule has 0 aliphatic rings. The molecule has 0 saturated carbocycles. The average molecular weight is 321 g/mol. The highest BCUT2D eigenvalue weighted by molar-refractivity contribution is 6.77. The Morgan fingerprint density at radius 1 is 0.864 bits per heavy atom. The van der Waals surface area contributed by atoms with Gasteiger partial charge in [0.15, 0.2) is 0 Å². The van der Waals surface area contributed by atoms with Gasteiger partial charge in [0.05, 0.1) is 6.61 Å². The molecule has 0 aliphatic heterocycles. The molecule has 0 radical (unpaired) electrons.